The third-order valence-corrected chi connectivity index (χ3v) is 5.10. The molecule has 0 aromatic carbocycles. The molecular formula is C16H29N3. The van der Waals surface area contributed by atoms with Gasteiger partial charge in [-0.05, 0) is 50.1 Å². The lowest BCUT2D eigenvalue weighted by atomic mass is 9.78. The Bertz CT molecular complexity index is 365. The summed E-state index contributed by atoms with van der Waals surface area (Å²) in [6, 6.07) is 2.84. The van der Waals surface area contributed by atoms with Crippen LogP contribution in [0.25, 0.3) is 0 Å². The molecule has 0 atom stereocenters. The molecule has 0 aliphatic heterocycles. The minimum atomic E-state index is 0.242. The van der Waals surface area contributed by atoms with E-state index < -0.39 is 0 Å². The summed E-state index contributed by atoms with van der Waals surface area (Å²) in [4.78, 5) is 0. The van der Waals surface area contributed by atoms with Crippen LogP contribution in [0, 0.1) is 5.41 Å². The van der Waals surface area contributed by atoms with Gasteiger partial charge in [-0.3, -0.25) is 4.68 Å². The van der Waals surface area contributed by atoms with Crippen molar-refractivity contribution in [2.24, 2.45) is 11.1 Å². The predicted molar refractivity (Wildman–Crippen MR) is 80.1 cm³/mol. The number of nitrogens with two attached hydrogens (primary N) is 1. The number of hydrogen-bond acceptors (Lipinski definition) is 2. The topological polar surface area (TPSA) is 43.8 Å². The second kappa shape index (κ2) is 6.56. The molecule has 0 saturated heterocycles. The smallest absolute Gasteiger partial charge is 0.0630 e. The van der Waals surface area contributed by atoms with Gasteiger partial charge in [0.1, 0.15) is 0 Å². The van der Waals surface area contributed by atoms with E-state index in [0.29, 0.717) is 6.04 Å². The van der Waals surface area contributed by atoms with Gasteiger partial charge in [-0.25, -0.2) is 0 Å². The van der Waals surface area contributed by atoms with Crippen molar-refractivity contribution in [1.82, 2.24) is 9.78 Å². The van der Waals surface area contributed by atoms with Crippen molar-refractivity contribution in [2.75, 3.05) is 6.54 Å². The van der Waals surface area contributed by atoms with Gasteiger partial charge in [0.05, 0.1) is 11.7 Å². The Balaban J connectivity index is 2.03. The molecule has 0 unspecified atom stereocenters. The zero-order valence-electron chi connectivity index (χ0n) is 12.6. The third kappa shape index (κ3) is 3.38. The average Bonchev–Trinajstić information content (AvgIpc) is 2.94. The van der Waals surface area contributed by atoms with E-state index in [2.05, 4.69) is 30.8 Å². The Morgan fingerprint density at radius 1 is 1.26 bits per heavy atom. The lowest BCUT2D eigenvalue weighted by Gasteiger charge is -2.29. The zero-order valence-corrected chi connectivity index (χ0v) is 12.6. The highest BCUT2D eigenvalue weighted by Crippen LogP contribution is 2.31. The summed E-state index contributed by atoms with van der Waals surface area (Å²) in [5, 5.41) is 4.82. The van der Waals surface area contributed by atoms with Crippen molar-refractivity contribution < 1.29 is 0 Å². The number of rotatable bonds is 6. The van der Waals surface area contributed by atoms with E-state index in [1.807, 2.05) is 0 Å². The maximum atomic E-state index is 5.99. The maximum Gasteiger partial charge on any atom is 0.0630 e. The molecule has 0 amide bonds. The number of aromatic nitrogens is 2. The van der Waals surface area contributed by atoms with Gasteiger partial charge in [-0.15, -0.1) is 0 Å². The minimum Gasteiger partial charge on any atom is -0.330 e. The SMILES string of the molecule is CCC(CC)(CN)Cc1ccn(C2CCCCC2)n1. The van der Waals surface area contributed by atoms with E-state index in [0.717, 1.165) is 25.8 Å². The summed E-state index contributed by atoms with van der Waals surface area (Å²) < 4.78 is 2.21. The van der Waals surface area contributed by atoms with Gasteiger partial charge in [0.2, 0.25) is 0 Å². The molecule has 19 heavy (non-hydrogen) atoms. The van der Waals surface area contributed by atoms with Gasteiger partial charge in [0.15, 0.2) is 0 Å². The first-order valence-corrected chi connectivity index (χ1v) is 7.97. The van der Waals surface area contributed by atoms with Crippen LogP contribution >= 0.6 is 0 Å². The predicted octanol–water partition coefficient (Wildman–Crippen LogP) is 3.70. The molecule has 1 fully saturated rings. The summed E-state index contributed by atoms with van der Waals surface area (Å²) >= 11 is 0. The van der Waals surface area contributed by atoms with Crippen molar-refractivity contribution in [3.8, 4) is 0 Å². The molecule has 1 saturated carbocycles. The molecule has 3 heteroatoms. The van der Waals surface area contributed by atoms with Crippen LogP contribution in [0.3, 0.4) is 0 Å². The van der Waals surface area contributed by atoms with E-state index in [1.165, 1.54) is 37.8 Å². The van der Waals surface area contributed by atoms with E-state index in [4.69, 9.17) is 10.8 Å². The molecule has 1 aromatic rings. The van der Waals surface area contributed by atoms with Gasteiger partial charge in [-0.2, -0.15) is 5.10 Å². The van der Waals surface area contributed by atoms with Gasteiger partial charge >= 0.3 is 0 Å². The largest absolute Gasteiger partial charge is 0.330 e. The second-order valence-corrected chi connectivity index (χ2v) is 6.17. The van der Waals surface area contributed by atoms with Gasteiger partial charge in [-0.1, -0.05) is 33.1 Å². The van der Waals surface area contributed by atoms with Gasteiger partial charge in [0, 0.05) is 6.20 Å². The normalized spacial score (nSPS) is 17.8. The van der Waals surface area contributed by atoms with E-state index >= 15 is 0 Å². The van der Waals surface area contributed by atoms with Crippen molar-refractivity contribution in [3.63, 3.8) is 0 Å². The fourth-order valence-corrected chi connectivity index (χ4v) is 3.27. The third-order valence-electron chi connectivity index (χ3n) is 5.10. The first kappa shape index (κ1) is 14.6. The Morgan fingerprint density at radius 3 is 2.53 bits per heavy atom. The fourth-order valence-electron chi connectivity index (χ4n) is 3.27. The van der Waals surface area contributed by atoms with Crippen LogP contribution in [0.1, 0.15) is 70.5 Å². The average molecular weight is 263 g/mol. The van der Waals surface area contributed by atoms with Crippen LogP contribution in [-0.4, -0.2) is 16.3 Å². The number of nitrogens with zero attached hydrogens (tertiary/aromatic N) is 2. The highest BCUT2D eigenvalue weighted by molar-refractivity contribution is 5.04. The Hall–Kier alpha value is -0.830. The minimum absolute atomic E-state index is 0.242. The lowest BCUT2D eigenvalue weighted by Crippen LogP contribution is -2.31. The van der Waals surface area contributed by atoms with Gasteiger partial charge in [0.25, 0.3) is 0 Å². The molecule has 108 valence electrons. The number of hydrogen-bond donors (Lipinski definition) is 1. The van der Waals surface area contributed by atoms with E-state index in [-0.39, 0.29) is 5.41 Å². The molecule has 0 spiro atoms. The summed E-state index contributed by atoms with van der Waals surface area (Å²) in [5.41, 5.74) is 7.46. The maximum absolute atomic E-state index is 5.99. The molecule has 2 N–H and O–H groups in total. The molecule has 1 aromatic heterocycles. The molecular weight excluding hydrogens is 234 g/mol. The summed E-state index contributed by atoms with van der Waals surface area (Å²) in [6.07, 6.45) is 12.2. The molecule has 1 heterocycles. The zero-order chi connectivity index (χ0) is 13.7. The summed E-state index contributed by atoms with van der Waals surface area (Å²) in [6.45, 7) is 5.25. The van der Waals surface area contributed by atoms with E-state index in [9.17, 15) is 0 Å². The molecule has 0 radical (unpaired) electrons. The van der Waals surface area contributed by atoms with Crippen LogP contribution in [0.2, 0.25) is 0 Å². The first-order chi connectivity index (χ1) is 9.23. The van der Waals surface area contributed by atoms with Crippen molar-refractivity contribution in [3.05, 3.63) is 18.0 Å². The Labute approximate surface area is 117 Å². The first-order valence-electron chi connectivity index (χ1n) is 7.97. The fraction of sp³-hybridized carbons (Fsp3) is 0.812. The quantitative estimate of drug-likeness (QED) is 0.850. The summed E-state index contributed by atoms with van der Waals surface area (Å²) in [5.74, 6) is 0. The summed E-state index contributed by atoms with van der Waals surface area (Å²) in [7, 11) is 0. The van der Waals surface area contributed by atoms with Crippen molar-refractivity contribution in [2.45, 2.75) is 71.3 Å². The van der Waals surface area contributed by atoms with Crippen LogP contribution < -0.4 is 5.73 Å². The molecule has 2 rings (SSSR count). The molecule has 1 aliphatic carbocycles. The van der Waals surface area contributed by atoms with E-state index in [1.54, 1.807) is 0 Å². The van der Waals surface area contributed by atoms with Crippen LogP contribution in [0.15, 0.2) is 12.3 Å². The second-order valence-electron chi connectivity index (χ2n) is 6.17. The van der Waals surface area contributed by atoms with Crippen molar-refractivity contribution >= 4 is 0 Å². The van der Waals surface area contributed by atoms with Crippen LogP contribution in [0.5, 0.6) is 0 Å². The highest BCUT2D eigenvalue weighted by Gasteiger charge is 2.26. The monoisotopic (exact) mass is 263 g/mol. The Kier molecular flexibility index (Phi) is 5.03. The van der Waals surface area contributed by atoms with Gasteiger partial charge < -0.3 is 5.73 Å². The Morgan fingerprint density at radius 2 is 1.95 bits per heavy atom. The van der Waals surface area contributed by atoms with Crippen LogP contribution in [0.4, 0.5) is 0 Å². The standard InChI is InChI=1S/C16H29N3/c1-3-16(4-2,13-17)12-14-10-11-19(18-14)15-8-6-5-7-9-15/h10-11,15H,3-9,12-13,17H2,1-2H3. The molecule has 1 aliphatic rings. The lowest BCUT2D eigenvalue weighted by molar-refractivity contribution is 0.265. The highest BCUT2D eigenvalue weighted by atomic mass is 15.3. The van der Waals surface area contributed by atoms with Crippen LogP contribution in [-0.2, 0) is 6.42 Å². The molecule has 3 nitrogen and oxygen atoms in total. The van der Waals surface area contributed by atoms with Crippen molar-refractivity contribution in [1.29, 1.82) is 0 Å². The molecule has 0 bridgehead atoms.